The minimum atomic E-state index is 0.442. The third kappa shape index (κ3) is 3.48. The molecule has 1 aromatic carbocycles. The van der Waals surface area contributed by atoms with Gasteiger partial charge in [0.05, 0.1) is 17.7 Å². The van der Waals surface area contributed by atoms with E-state index in [9.17, 15) is 0 Å². The minimum Gasteiger partial charge on any atom is -0.329 e. The van der Waals surface area contributed by atoms with Crippen LogP contribution < -0.4 is 0 Å². The number of imidazole rings is 1. The van der Waals surface area contributed by atoms with Gasteiger partial charge < -0.3 is 4.57 Å². The van der Waals surface area contributed by atoms with Gasteiger partial charge in [0.1, 0.15) is 0 Å². The molecule has 1 spiro atoms. The molecule has 2 saturated heterocycles. The highest BCUT2D eigenvalue weighted by Crippen LogP contribution is 2.37. The molecule has 0 bridgehead atoms. The van der Waals surface area contributed by atoms with Gasteiger partial charge in [-0.15, -0.1) is 0 Å². The molecule has 5 rings (SSSR count). The molecule has 0 amide bonds. The highest BCUT2D eigenvalue weighted by atomic mass is 35.5. The fraction of sp³-hybridized carbons (Fsp3) is 0.391. The maximum atomic E-state index is 6.09. The molecule has 5 nitrogen and oxygen atoms in total. The van der Waals surface area contributed by atoms with Crippen LogP contribution in [0.4, 0.5) is 0 Å². The molecule has 0 aliphatic carbocycles. The van der Waals surface area contributed by atoms with Gasteiger partial charge in [-0.25, -0.2) is 4.98 Å². The molecule has 1 unspecified atom stereocenters. The third-order valence-corrected chi connectivity index (χ3v) is 6.95. The Morgan fingerprint density at radius 1 is 0.966 bits per heavy atom. The van der Waals surface area contributed by atoms with Crippen molar-refractivity contribution in [1.29, 1.82) is 0 Å². The van der Waals surface area contributed by atoms with Crippen LogP contribution in [0.2, 0.25) is 5.02 Å². The lowest BCUT2D eigenvalue weighted by Crippen LogP contribution is -2.59. The summed E-state index contributed by atoms with van der Waals surface area (Å²) in [5, 5.41) is 0.738. The number of likely N-dealkylation sites (N-methyl/N-ethyl adjacent to an activating group) is 1. The molecule has 0 radical (unpaired) electrons. The van der Waals surface area contributed by atoms with Crippen LogP contribution >= 0.6 is 11.6 Å². The molecule has 29 heavy (non-hydrogen) atoms. The Morgan fingerprint density at radius 2 is 1.72 bits per heavy atom. The summed E-state index contributed by atoms with van der Waals surface area (Å²) in [7, 11) is 2.27. The van der Waals surface area contributed by atoms with Gasteiger partial charge >= 0.3 is 0 Å². The van der Waals surface area contributed by atoms with E-state index in [1.54, 1.807) is 0 Å². The van der Waals surface area contributed by atoms with Crippen LogP contribution in [0.5, 0.6) is 0 Å². The highest BCUT2D eigenvalue weighted by Gasteiger charge is 2.46. The van der Waals surface area contributed by atoms with Crippen LogP contribution in [0.1, 0.15) is 12.8 Å². The standard InChI is InChI=1S/C23H26ClN5/c1-27-12-8-23(27)9-13-28(16-23)14-15-29-17-26-21(18-2-4-20(24)5-3-18)22(29)19-6-10-25-11-7-19/h2-7,10-11,17H,8-9,12-16H2,1H3. The van der Waals surface area contributed by atoms with Gasteiger partial charge in [-0.1, -0.05) is 23.7 Å². The number of rotatable bonds is 5. The zero-order valence-corrected chi connectivity index (χ0v) is 17.5. The Balaban J connectivity index is 1.40. The maximum Gasteiger partial charge on any atom is 0.0963 e. The Morgan fingerprint density at radius 3 is 2.38 bits per heavy atom. The Labute approximate surface area is 176 Å². The smallest absolute Gasteiger partial charge is 0.0963 e. The number of hydrogen-bond acceptors (Lipinski definition) is 4. The number of likely N-dealkylation sites (tertiary alicyclic amines) is 2. The van der Waals surface area contributed by atoms with E-state index in [0.29, 0.717) is 5.54 Å². The summed E-state index contributed by atoms with van der Waals surface area (Å²) in [5.41, 5.74) is 4.79. The van der Waals surface area contributed by atoms with E-state index in [2.05, 4.69) is 38.5 Å². The molecular formula is C23H26ClN5. The van der Waals surface area contributed by atoms with Crippen LogP contribution in [-0.2, 0) is 6.54 Å². The summed E-state index contributed by atoms with van der Waals surface area (Å²) in [4.78, 5) is 14.1. The molecule has 0 saturated carbocycles. The molecule has 1 atom stereocenters. The quantitative estimate of drug-likeness (QED) is 0.639. The first kappa shape index (κ1) is 18.8. The number of hydrogen-bond donors (Lipinski definition) is 0. The van der Waals surface area contributed by atoms with Gasteiger partial charge in [-0.3, -0.25) is 14.8 Å². The number of benzene rings is 1. The lowest BCUT2D eigenvalue weighted by atomic mass is 9.85. The monoisotopic (exact) mass is 407 g/mol. The predicted octanol–water partition coefficient (Wildman–Crippen LogP) is 4.05. The zero-order chi connectivity index (χ0) is 19.8. The third-order valence-electron chi connectivity index (χ3n) is 6.70. The van der Waals surface area contributed by atoms with E-state index in [0.717, 1.165) is 40.6 Å². The van der Waals surface area contributed by atoms with Crippen molar-refractivity contribution < 1.29 is 0 Å². The van der Waals surface area contributed by atoms with Crippen molar-refractivity contribution in [2.24, 2.45) is 0 Å². The summed E-state index contributed by atoms with van der Waals surface area (Å²) in [5.74, 6) is 0. The van der Waals surface area contributed by atoms with Crippen LogP contribution in [0, 0.1) is 0 Å². The van der Waals surface area contributed by atoms with Crippen molar-refractivity contribution in [3.8, 4) is 22.5 Å². The fourth-order valence-corrected chi connectivity index (χ4v) is 4.86. The number of nitrogens with zero attached hydrogens (tertiary/aromatic N) is 5. The van der Waals surface area contributed by atoms with Crippen LogP contribution in [-0.4, -0.2) is 63.1 Å². The first-order valence-electron chi connectivity index (χ1n) is 10.3. The molecule has 2 aliphatic rings. The van der Waals surface area contributed by atoms with Gasteiger partial charge in [0.2, 0.25) is 0 Å². The lowest BCUT2D eigenvalue weighted by molar-refractivity contribution is 0.0193. The average Bonchev–Trinajstić information content (AvgIpc) is 3.38. The van der Waals surface area contributed by atoms with Gasteiger partial charge in [-0.2, -0.15) is 0 Å². The lowest BCUT2D eigenvalue weighted by Gasteiger charge is -2.48. The molecule has 2 fully saturated rings. The summed E-state index contributed by atoms with van der Waals surface area (Å²) >= 11 is 6.09. The Kier molecular flexibility index (Phi) is 4.90. The molecule has 0 N–H and O–H groups in total. The molecular weight excluding hydrogens is 382 g/mol. The summed E-state index contributed by atoms with van der Waals surface area (Å²) < 4.78 is 2.29. The second kappa shape index (κ2) is 7.56. The van der Waals surface area contributed by atoms with E-state index >= 15 is 0 Å². The minimum absolute atomic E-state index is 0.442. The molecule has 3 aromatic rings. The van der Waals surface area contributed by atoms with Crippen molar-refractivity contribution in [2.75, 3.05) is 33.2 Å². The van der Waals surface area contributed by atoms with Crippen molar-refractivity contribution in [2.45, 2.75) is 24.9 Å². The van der Waals surface area contributed by atoms with Crippen LogP contribution in [0.15, 0.2) is 55.1 Å². The van der Waals surface area contributed by atoms with Crippen LogP contribution in [0.3, 0.4) is 0 Å². The topological polar surface area (TPSA) is 37.2 Å². The van der Waals surface area contributed by atoms with Gasteiger partial charge in [0.15, 0.2) is 0 Å². The summed E-state index contributed by atoms with van der Waals surface area (Å²) in [6.07, 6.45) is 8.29. The van der Waals surface area contributed by atoms with E-state index < -0.39 is 0 Å². The van der Waals surface area contributed by atoms with E-state index in [-0.39, 0.29) is 0 Å². The van der Waals surface area contributed by atoms with E-state index in [1.165, 1.54) is 32.5 Å². The number of pyridine rings is 1. The second-order valence-corrected chi connectivity index (χ2v) is 8.74. The first-order chi connectivity index (χ1) is 14.1. The van der Waals surface area contributed by atoms with Gasteiger partial charge in [0.25, 0.3) is 0 Å². The maximum absolute atomic E-state index is 6.09. The molecule has 150 valence electrons. The number of halogens is 1. The van der Waals surface area contributed by atoms with Gasteiger partial charge in [-0.05, 0) is 44.2 Å². The van der Waals surface area contributed by atoms with Crippen molar-refractivity contribution >= 4 is 11.6 Å². The average molecular weight is 408 g/mol. The van der Waals surface area contributed by atoms with Crippen LogP contribution in [0.25, 0.3) is 22.5 Å². The predicted molar refractivity (Wildman–Crippen MR) is 117 cm³/mol. The Hall–Kier alpha value is -2.21. The number of aromatic nitrogens is 3. The van der Waals surface area contributed by atoms with E-state index in [4.69, 9.17) is 16.6 Å². The first-order valence-corrected chi connectivity index (χ1v) is 10.7. The molecule has 6 heteroatoms. The zero-order valence-electron chi connectivity index (χ0n) is 16.8. The fourth-order valence-electron chi connectivity index (χ4n) is 4.73. The molecule has 2 aliphatic heterocycles. The van der Waals surface area contributed by atoms with Crippen molar-refractivity contribution in [3.63, 3.8) is 0 Å². The van der Waals surface area contributed by atoms with Crippen molar-refractivity contribution in [1.82, 2.24) is 24.3 Å². The molecule has 4 heterocycles. The van der Waals surface area contributed by atoms with E-state index in [1.807, 2.05) is 43.0 Å². The Bertz CT molecular complexity index is 984. The SMILES string of the molecule is CN1CCC12CCN(CCn1cnc(-c3ccc(Cl)cc3)c1-c1ccncc1)C2. The second-order valence-electron chi connectivity index (χ2n) is 8.30. The molecule has 2 aromatic heterocycles. The largest absolute Gasteiger partial charge is 0.329 e. The van der Waals surface area contributed by atoms with Gasteiger partial charge in [0, 0.05) is 66.8 Å². The van der Waals surface area contributed by atoms with Crippen molar-refractivity contribution in [3.05, 3.63) is 60.1 Å². The highest BCUT2D eigenvalue weighted by molar-refractivity contribution is 6.30. The normalized spacial score (nSPS) is 22.3. The summed E-state index contributed by atoms with van der Waals surface area (Å²) in [6, 6.07) is 12.0. The summed E-state index contributed by atoms with van der Waals surface area (Å²) in [6.45, 7) is 5.59.